The molecule has 1 unspecified atom stereocenters. The average molecular weight is 381 g/mol. The highest BCUT2D eigenvalue weighted by Crippen LogP contribution is 2.27. The minimum absolute atomic E-state index is 0.0620. The van der Waals surface area contributed by atoms with Gasteiger partial charge in [0.2, 0.25) is 0 Å². The molecule has 1 atom stereocenters. The van der Waals surface area contributed by atoms with Crippen molar-refractivity contribution < 1.29 is 13.9 Å². The molecular weight excluding hydrogens is 358 g/mol. The van der Waals surface area contributed by atoms with Crippen LogP contribution in [0.3, 0.4) is 0 Å². The van der Waals surface area contributed by atoms with Crippen LogP contribution in [-0.4, -0.2) is 64.8 Å². The number of morpholine rings is 1. The number of carbonyl (C=O) groups excluding carboxylic acids is 1. The zero-order chi connectivity index (χ0) is 18.9. The molecule has 5 rings (SSSR count). The van der Waals surface area contributed by atoms with E-state index >= 15 is 0 Å². The Morgan fingerprint density at radius 2 is 2.04 bits per heavy atom. The number of rotatable bonds is 3. The molecule has 0 bridgehead atoms. The maximum Gasteiger partial charge on any atom is 0.289 e. The standard InChI is InChI=1S/C20H23N5O3/c26-20(17-4-2-10-28-17)24-7-1-3-15(13-24)19-21-18-6-5-16(14-25(18)22-19)23-8-11-27-12-9-23/h2,4-6,10,14-15H,1,3,7-9,11-13H2. The molecule has 0 saturated carbocycles. The number of likely N-dealkylation sites (tertiary alicyclic amines) is 1. The Kier molecular flexibility index (Phi) is 4.48. The third-order valence-electron chi connectivity index (χ3n) is 5.51. The molecule has 8 nitrogen and oxygen atoms in total. The largest absolute Gasteiger partial charge is 0.459 e. The first-order chi connectivity index (χ1) is 13.8. The van der Waals surface area contributed by atoms with Crippen LogP contribution >= 0.6 is 0 Å². The van der Waals surface area contributed by atoms with E-state index in [2.05, 4.69) is 11.0 Å². The van der Waals surface area contributed by atoms with Gasteiger partial charge >= 0.3 is 0 Å². The van der Waals surface area contributed by atoms with Crippen molar-refractivity contribution in [3.63, 3.8) is 0 Å². The van der Waals surface area contributed by atoms with Crippen LogP contribution in [0.4, 0.5) is 5.69 Å². The summed E-state index contributed by atoms with van der Waals surface area (Å²) in [6, 6.07) is 7.55. The van der Waals surface area contributed by atoms with Gasteiger partial charge in [0.25, 0.3) is 5.91 Å². The van der Waals surface area contributed by atoms with Crippen molar-refractivity contribution >= 4 is 17.2 Å². The minimum atomic E-state index is -0.0620. The molecule has 0 spiro atoms. The summed E-state index contributed by atoms with van der Waals surface area (Å²) in [4.78, 5) is 21.5. The molecule has 3 aromatic heterocycles. The molecule has 0 aliphatic carbocycles. The van der Waals surface area contributed by atoms with E-state index in [4.69, 9.17) is 19.2 Å². The molecule has 8 heteroatoms. The molecule has 5 heterocycles. The van der Waals surface area contributed by atoms with E-state index in [9.17, 15) is 4.79 Å². The van der Waals surface area contributed by atoms with E-state index in [1.807, 2.05) is 21.7 Å². The lowest BCUT2D eigenvalue weighted by molar-refractivity contribution is 0.0672. The van der Waals surface area contributed by atoms with Crippen LogP contribution in [0.1, 0.15) is 35.1 Å². The fourth-order valence-corrected chi connectivity index (χ4v) is 4.00. The van der Waals surface area contributed by atoms with Crippen LogP contribution in [0.15, 0.2) is 41.1 Å². The number of hydrogen-bond acceptors (Lipinski definition) is 6. The van der Waals surface area contributed by atoms with Gasteiger partial charge in [0, 0.05) is 32.1 Å². The maximum atomic E-state index is 12.6. The van der Waals surface area contributed by atoms with Crippen LogP contribution in [0.5, 0.6) is 0 Å². The molecule has 2 fully saturated rings. The quantitative estimate of drug-likeness (QED) is 0.692. The number of nitrogens with zero attached hydrogens (tertiary/aromatic N) is 5. The highest BCUT2D eigenvalue weighted by molar-refractivity contribution is 5.91. The molecule has 2 aliphatic rings. The summed E-state index contributed by atoms with van der Waals surface area (Å²) in [5, 5.41) is 4.73. The zero-order valence-corrected chi connectivity index (χ0v) is 15.7. The molecule has 146 valence electrons. The lowest BCUT2D eigenvalue weighted by Crippen LogP contribution is -2.39. The van der Waals surface area contributed by atoms with Gasteiger partial charge in [-0.3, -0.25) is 4.79 Å². The Bertz CT molecular complexity index is 962. The molecule has 0 N–H and O–H groups in total. The number of amides is 1. The summed E-state index contributed by atoms with van der Waals surface area (Å²) >= 11 is 0. The van der Waals surface area contributed by atoms with Gasteiger partial charge < -0.3 is 19.0 Å². The average Bonchev–Trinajstić information content (AvgIpc) is 3.43. The third-order valence-corrected chi connectivity index (χ3v) is 5.51. The summed E-state index contributed by atoms with van der Waals surface area (Å²) in [5.41, 5.74) is 1.96. The minimum Gasteiger partial charge on any atom is -0.459 e. The second kappa shape index (κ2) is 7.27. The SMILES string of the molecule is O=C(c1ccco1)N1CCCC(c2nc3ccc(N4CCOCC4)cn3n2)C1. The van der Waals surface area contributed by atoms with E-state index in [1.165, 1.54) is 6.26 Å². The molecule has 1 amide bonds. The maximum absolute atomic E-state index is 12.6. The number of aromatic nitrogens is 3. The summed E-state index contributed by atoms with van der Waals surface area (Å²) < 4.78 is 12.6. The first-order valence-electron chi connectivity index (χ1n) is 9.80. The molecule has 28 heavy (non-hydrogen) atoms. The predicted octanol–water partition coefficient (Wildman–Crippen LogP) is 2.18. The van der Waals surface area contributed by atoms with Gasteiger partial charge in [-0.2, -0.15) is 5.10 Å². The first kappa shape index (κ1) is 17.2. The fourth-order valence-electron chi connectivity index (χ4n) is 4.00. The van der Waals surface area contributed by atoms with Crippen molar-refractivity contribution in [1.29, 1.82) is 0 Å². The number of piperidine rings is 1. The summed E-state index contributed by atoms with van der Waals surface area (Å²) in [6.45, 7) is 4.64. The number of fused-ring (bicyclic) bond motifs is 1. The lowest BCUT2D eigenvalue weighted by Gasteiger charge is -2.30. The topological polar surface area (TPSA) is 76.1 Å². The highest BCUT2D eigenvalue weighted by atomic mass is 16.5. The van der Waals surface area contributed by atoms with Crippen molar-refractivity contribution in [3.05, 3.63) is 48.3 Å². The van der Waals surface area contributed by atoms with Crippen molar-refractivity contribution in [2.75, 3.05) is 44.3 Å². The van der Waals surface area contributed by atoms with Crippen LogP contribution in [0.2, 0.25) is 0 Å². The molecular formula is C20H23N5O3. The Hall–Kier alpha value is -2.87. The Labute approximate surface area is 162 Å². The molecule has 0 aromatic carbocycles. The Morgan fingerprint density at radius 1 is 1.14 bits per heavy atom. The van der Waals surface area contributed by atoms with Gasteiger partial charge in [-0.15, -0.1) is 0 Å². The smallest absolute Gasteiger partial charge is 0.289 e. The van der Waals surface area contributed by atoms with E-state index in [1.54, 1.807) is 12.1 Å². The van der Waals surface area contributed by atoms with Crippen molar-refractivity contribution in [2.24, 2.45) is 0 Å². The number of furan rings is 1. The first-order valence-corrected chi connectivity index (χ1v) is 9.80. The molecule has 2 aliphatic heterocycles. The normalized spacial score (nSPS) is 20.6. The van der Waals surface area contributed by atoms with E-state index in [0.29, 0.717) is 12.3 Å². The van der Waals surface area contributed by atoms with Gasteiger partial charge in [-0.05, 0) is 37.1 Å². The Balaban J connectivity index is 1.35. The van der Waals surface area contributed by atoms with Crippen LogP contribution < -0.4 is 4.90 Å². The highest BCUT2D eigenvalue weighted by Gasteiger charge is 2.29. The summed E-state index contributed by atoms with van der Waals surface area (Å²) in [6.07, 6.45) is 5.48. The van der Waals surface area contributed by atoms with Crippen LogP contribution in [0, 0.1) is 0 Å². The number of pyridine rings is 1. The molecule has 2 saturated heterocycles. The monoisotopic (exact) mass is 381 g/mol. The molecule has 0 radical (unpaired) electrons. The zero-order valence-electron chi connectivity index (χ0n) is 15.7. The third kappa shape index (κ3) is 3.24. The van der Waals surface area contributed by atoms with Gasteiger partial charge in [-0.25, -0.2) is 9.50 Å². The van der Waals surface area contributed by atoms with Gasteiger partial charge in [0.05, 0.1) is 31.4 Å². The Morgan fingerprint density at radius 3 is 2.86 bits per heavy atom. The van der Waals surface area contributed by atoms with Crippen molar-refractivity contribution in [3.8, 4) is 0 Å². The van der Waals surface area contributed by atoms with Crippen LogP contribution in [0.25, 0.3) is 5.65 Å². The van der Waals surface area contributed by atoms with Gasteiger partial charge in [-0.1, -0.05) is 0 Å². The molecule has 3 aromatic rings. The van der Waals surface area contributed by atoms with E-state index in [-0.39, 0.29) is 11.8 Å². The second-order valence-corrected chi connectivity index (χ2v) is 7.33. The number of anilines is 1. The second-order valence-electron chi connectivity index (χ2n) is 7.33. The fraction of sp³-hybridized carbons (Fsp3) is 0.450. The van der Waals surface area contributed by atoms with E-state index < -0.39 is 0 Å². The predicted molar refractivity (Wildman–Crippen MR) is 103 cm³/mol. The number of carbonyl (C=O) groups is 1. The van der Waals surface area contributed by atoms with Gasteiger partial charge in [0.15, 0.2) is 17.2 Å². The lowest BCUT2D eigenvalue weighted by atomic mass is 9.97. The van der Waals surface area contributed by atoms with Crippen molar-refractivity contribution in [1.82, 2.24) is 19.5 Å². The van der Waals surface area contributed by atoms with Crippen LogP contribution in [-0.2, 0) is 4.74 Å². The van der Waals surface area contributed by atoms with Crippen molar-refractivity contribution in [2.45, 2.75) is 18.8 Å². The van der Waals surface area contributed by atoms with Gasteiger partial charge in [0.1, 0.15) is 0 Å². The summed E-state index contributed by atoms with van der Waals surface area (Å²) in [5.74, 6) is 1.27. The van der Waals surface area contributed by atoms with E-state index in [0.717, 1.165) is 62.8 Å². The number of ether oxygens (including phenoxy) is 1. The number of hydrogen-bond donors (Lipinski definition) is 0. The summed E-state index contributed by atoms with van der Waals surface area (Å²) in [7, 11) is 0.